The average molecular weight is 335 g/mol. The van der Waals surface area contributed by atoms with Crippen molar-refractivity contribution < 1.29 is 13.3 Å². The van der Waals surface area contributed by atoms with Gasteiger partial charge < -0.3 is 13.3 Å². The van der Waals surface area contributed by atoms with Gasteiger partial charge in [0.25, 0.3) is 0 Å². The normalized spacial score (nSPS) is 11.8. The summed E-state index contributed by atoms with van der Waals surface area (Å²) in [7, 11) is 5.86. The van der Waals surface area contributed by atoms with Gasteiger partial charge in [-0.05, 0) is 37.1 Å². The van der Waals surface area contributed by atoms with Gasteiger partial charge >= 0.3 is 8.80 Å². The van der Waals surface area contributed by atoms with E-state index in [1.807, 2.05) is 19.9 Å². The zero-order valence-electron chi connectivity index (χ0n) is 12.6. The van der Waals surface area contributed by atoms with Gasteiger partial charge in [-0.1, -0.05) is 10.8 Å². The summed E-state index contributed by atoms with van der Waals surface area (Å²) < 4.78 is 16.2. The summed E-state index contributed by atoms with van der Waals surface area (Å²) in [5.74, 6) is 0.978. The first-order valence-electron chi connectivity index (χ1n) is 6.32. The largest absolute Gasteiger partial charge is 0.500 e. The molecule has 0 bridgehead atoms. The smallest absolute Gasteiger partial charge is 0.377 e. The van der Waals surface area contributed by atoms with Crippen molar-refractivity contribution in [2.75, 3.05) is 27.1 Å². The van der Waals surface area contributed by atoms with Crippen LogP contribution in [0.2, 0.25) is 6.04 Å². The van der Waals surface area contributed by atoms with Crippen molar-refractivity contribution in [3.8, 4) is 0 Å². The summed E-state index contributed by atoms with van der Waals surface area (Å²) in [6, 6.07) is 2.79. The first kappa shape index (κ1) is 17.9. The van der Waals surface area contributed by atoms with Crippen LogP contribution in [-0.4, -0.2) is 45.9 Å². The Balaban J connectivity index is 2.31. The van der Waals surface area contributed by atoms with Crippen molar-refractivity contribution in [2.24, 2.45) is 0 Å². The van der Waals surface area contributed by atoms with Gasteiger partial charge in [-0.2, -0.15) is 0 Å². The summed E-state index contributed by atoms with van der Waals surface area (Å²) in [5.41, 5.74) is 2.01. The molecule has 0 aliphatic heterocycles. The highest BCUT2D eigenvalue weighted by Crippen LogP contribution is 2.30. The minimum absolute atomic E-state index is 0.817. The van der Waals surface area contributed by atoms with E-state index >= 15 is 0 Å². The summed E-state index contributed by atoms with van der Waals surface area (Å²) >= 11 is 0. The van der Waals surface area contributed by atoms with Crippen LogP contribution in [0, 0.1) is 13.8 Å². The van der Waals surface area contributed by atoms with E-state index in [9.17, 15) is 0 Å². The molecule has 0 radical (unpaired) electrons. The second-order valence-corrected chi connectivity index (χ2v) is 9.71. The van der Waals surface area contributed by atoms with Gasteiger partial charge in [0, 0.05) is 44.5 Å². The van der Waals surface area contributed by atoms with Crippen LogP contribution < -0.4 is 0 Å². The van der Waals surface area contributed by atoms with Crippen molar-refractivity contribution in [3.63, 3.8) is 0 Å². The molecule has 0 aliphatic rings. The summed E-state index contributed by atoms with van der Waals surface area (Å²) in [5, 5.41) is 0.821. The molecule has 0 saturated carbocycles. The highest BCUT2D eigenvalue weighted by Gasteiger charge is 2.36. The van der Waals surface area contributed by atoms with E-state index in [4.69, 9.17) is 13.3 Å². The molecular formula is C12H22N2O3S2Si. The maximum absolute atomic E-state index is 5.39. The van der Waals surface area contributed by atoms with Gasteiger partial charge in [-0.15, -0.1) is 0 Å². The Morgan fingerprint density at radius 1 is 1.05 bits per heavy atom. The zero-order chi connectivity index (χ0) is 15.0. The molecule has 114 valence electrons. The molecule has 0 amide bonds. The number of rotatable bonds is 9. The van der Waals surface area contributed by atoms with Crippen LogP contribution in [0.1, 0.15) is 17.8 Å². The Bertz CT molecular complexity index is 391. The quantitative estimate of drug-likeness (QED) is 0.298. The Morgan fingerprint density at radius 2 is 1.60 bits per heavy atom. The highest BCUT2D eigenvalue weighted by molar-refractivity contribution is 8.76. The fourth-order valence-electron chi connectivity index (χ4n) is 1.73. The van der Waals surface area contributed by atoms with E-state index in [1.165, 1.54) is 0 Å². The Hall–Kier alpha value is -0.123. The van der Waals surface area contributed by atoms with E-state index in [0.717, 1.165) is 34.8 Å². The van der Waals surface area contributed by atoms with E-state index < -0.39 is 8.80 Å². The van der Waals surface area contributed by atoms with Crippen LogP contribution >= 0.6 is 21.6 Å². The van der Waals surface area contributed by atoms with Gasteiger partial charge in [0.15, 0.2) is 5.16 Å². The first-order chi connectivity index (χ1) is 9.55. The van der Waals surface area contributed by atoms with Gasteiger partial charge in [0.2, 0.25) is 0 Å². The van der Waals surface area contributed by atoms with E-state index in [-0.39, 0.29) is 0 Å². The molecule has 0 unspecified atom stereocenters. The maximum Gasteiger partial charge on any atom is 0.500 e. The van der Waals surface area contributed by atoms with Crippen LogP contribution in [-0.2, 0) is 13.3 Å². The first-order valence-corrected chi connectivity index (χ1v) is 10.6. The molecule has 1 aromatic rings. The molecule has 0 saturated heterocycles. The summed E-state index contributed by atoms with van der Waals surface area (Å²) in [6.07, 6.45) is 0.976. The van der Waals surface area contributed by atoms with Crippen LogP contribution in [0.25, 0.3) is 0 Å². The van der Waals surface area contributed by atoms with Gasteiger partial charge in [0.1, 0.15) is 0 Å². The molecule has 0 spiro atoms. The topological polar surface area (TPSA) is 53.5 Å². The fourth-order valence-corrected chi connectivity index (χ4v) is 5.66. The minimum atomic E-state index is -2.42. The molecule has 0 atom stereocenters. The van der Waals surface area contributed by atoms with Gasteiger partial charge in [0.05, 0.1) is 0 Å². The molecule has 5 nitrogen and oxygen atoms in total. The van der Waals surface area contributed by atoms with Crippen LogP contribution in [0.3, 0.4) is 0 Å². The van der Waals surface area contributed by atoms with Crippen LogP contribution in [0.5, 0.6) is 0 Å². The second kappa shape index (κ2) is 9.01. The molecule has 1 heterocycles. The monoisotopic (exact) mass is 334 g/mol. The summed E-state index contributed by atoms with van der Waals surface area (Å²) in [6.45, 7) is 3.97. The van der Waals surface area contributed by atoms with Crippen LogP contribution in [0.15, 0.2) is 11.2 Å². The molecule has 1 aromatic heterocycles. The van der Waals surface area contributed by atoms with E-state index in [1.54, 1.807) is 42.9 Å². The SMILES string of the molecule is CO[Si](CCCSSc1nc(C)cc(C)n1)(OC)OC. The Labute approximate surface area is 130 Å². The number of hydrogen-bond acceptors (Lipinski definition) is 7. The summed E-state index contributed by atoms with van der Waals surface area (Å²) in [4.78, 5) is 8.79. The van der Waals surface area contributed by atoms with Crippen molar-refractivity contribution in [1.29, 1.82) is 0 Å². The fraction of sp³-hybridized carbons (Fsp3) is 0.667. The number of hydrogen-bond donors (Lipinski definition) is 0. The van der Waals surface area contributed by atoms with Gasteiger partial charge in [-0.3, -0.25) is 0 Å². The van der Waals surface area contributed by atoms with Crippen LogP contribution in [0.4, 0.5) is 0 Å². The second-order valence-electron chi connectivity index (χ2n) is 4.24. The lowest BCUT2D eigenvalue weighted by atomic mass is 10.4. The predicted molar refractivity (Wildman–Crippen MR) is 86.0 cm³/mol. The molecule has 0 N–H and O–H groups in total. The lowest BCUT2D eigenvalue weighted by molar-refractivity contribution is 0.123. The number of nitrogens with zero attached hydrogens (tertiary/aromatic N) is 2. The number of aryl methyl sites for hydroxylation is 2. The van der Waals surface area contributed by atoms with Crippen molar-refractivity contribution >= 4 is 30.4 Å². The maximum atomic E-state index is 5.39. The third-order valence-corrected chi connectivity index (χ3v) is 7.78. The number of aromatic nitrogens is 2. The predicted octanol–water partition coefficient (Wildman–Crippen LogP) is 3.10. The third-order valence-electron chi connectivity index (χ3n) is 2.74. The molecule has 20 heavy (non-hydrogen) atoms. The standard InChI is InChI=1S/C12H22N2O3S2Si/c1-10-9-11(2)14-12(13-10)19-18-7-6-8-20(15-3,16-4)17-5/h9H,6-8H2,1-5H3. The van der Waals surface area contributed by atoms with Crippen molar-refractivity contribution in [1.82, 2.24) is 9.97 Å². The molecule has 0 aromatic carbocycles. The van der Waals surface area contributed by atoms with Crippen molar-refractivity contribution in [2.45, 2.75) is 31.5 Å². The zero-order valence-corrected chi connectivity index (χ0v) is 15.3. The van der Waals surface area contributed by atoms with E-state index in [2.05, 4.69) is 9.97 Å². The molecule has 1 rings (SSSR count). The minimum Gasteiger partial charge on any atom is -0.377 e. The Kier molecular flexibility index (Phi) is 8.08. The molecule has 0 aliphatic carbocycles. The Morgan fingerprint density at radius 3 is 2.10 bits per heavy atom. The third kappa shape index (κ3) is 5.70. The average Bonchev–Trinajstić information content (AvgIpc) is 2.42. The lowest BCUT2D eigenvalue weighted by Gasteiger charge is -2.23. The lowest BCUT2D eigenvalue weighted by Crippen LogP contribution is -2.42. The van der Waals surface area contributed by atoms with Crippen molar-refractivity contribution in [3.05, 3.63) is 17.5 Å². The molecule has 8 heteroatoms. The van der Waals surface area contributed by atoms with Gasteiger partial charge in [-0.25, -0.2) is 9.97 Å². The highest BCUT2D eigenvalue weighted by atomic mass is 33.1. The molecule has 0 fully saturated rings. The molecular weight excluding hydrogens is 312 g/mol. The van der Waals surface area contributed by atoms with E-state index in [0.29, 0.717) is 0 Å².